The van der Waals surface area contributed by atoms with E-state index in [1.807, 2.05) is 19.1 Å². The molecule has 1 aromatic carbocycles. The second kappa shape index (κ2) is 5.90. The highest BCUT2D eigenvalue weighted by Gasteiger charge is 2.23. The van der Waals surface area contributed by atoms with Crippen molar-refractivity contribution in [2.75, 3.05) is 17.8 Å². The van der Waals surface area contributed by atoms with Gasteiger partial charge in [0.1, 0.15) is 0 Å². The summed E-state index contributed by atoms with van der Waals surface area (Å²) in [5.41, 5.74) is 7.29. The number of rotatable bonds is 4. The Kier molecular flexibility index (Phi) is 4.44. The maximum Gasteiger partial charge on any atom is 0.301 e. The number of benzene rings is 1. The van der Waals surface area contributed by atoms with Crippen LogP contribution >= 0.6 is 0 Å². The average molecular weight is 283 g/mol. The average Bonchev–Trinajstić information content (AvgIpc) is 2.39. The summed E-state index contributed by atoms with van der Waals surface area (Å²) < 4.78 is 28.6. The van der Waals surface area contributed by atoms with Gasteiger partial charge >= 0.3 is 10.2 Å². The number of piperidine rings is 1. The molecule has 1 aliphatic rings. The van der Waals surface area contributed by atoms with Crippen LogP contribution in [-0.4, -0.2) is 25.8 Å². The minimum absolute atomic E-state index is 0.112. The number of nitrogens with two attached hydrogens (primary N) is 1. The summed E-state index contributed by atoms with van der Waals surface area (Å²) in [7, 11) is -3.44. The minimum atomic E-state index is -3.44. The molecular formula is C13H21N3O2S. The lowest BCUT2D eigenvalue weighted by molar-refractivity contribution is 0.349. The van der Waals surface area contributed by atoms with Crippen LogP contribution in [0.4, 0.5) is 5.69 Å². The normalized spacial score (nSPS) is 19.1. The predicted molar refractivity (Wildman–Crippen MR) is 77.0 cm³/mol. The SMILES string of the molecule is CC(N)c1cccc(NS(=O)(=O)N2CCCCC2)c1. The Bertz CT molecular complexity index is 522. The van der Waals surface area contributed by atoms with E-state index in [0.29, 0.717) is 18.8 Å². The van der Waals surface area contributed by atoms with Crippen LogP contribution in [0, 0.1) is 0 Å². The van der Waals surface area contributed by atoms with Gasteiger partial charge in [-0.3, -0.25) is 4.72 Å². The molecule has 1 heterocycles. The lowest BCUT2D eigenvalue weighted by Gasteiger charge is -2.26. The van der Waals surface area contributed by atoms with Crippen LogP contribution in [0.2, 0.25) is 0 Å². The fraction of sp³-hybridized carbons (Fsp3) is 0.538. The first-order valence-corrected chi connectivity index (χ1v) is 8.06. The molecule has 2 rings (SSSR count). The lowest BCUT2D eigenvalue weighted by Crippen LogP contribution is -2.39. The van der Waals surface area contributed by atoms with Crippen LogP contribution in [0.15, 0.2) is 24.3 Å². The fourth-order valence-corrected chi connectivity index (χ4v) is 3.50. The van der Waals surface area contributed by atoms with Gasteiger partial charge in [-0.15, -0.1) is 0 Å². The fourth-order valence-electron chi connectivity index (χ4n) is 2.20. The standard InChI is InChI=1S/C13H21N3O2S/c1-11(14)12-6-5-7-13(10-12)15-19(17,18)16-8-3-2-4-9-16/h5-7,10-11,15H,2-4,8-9,14H2,1H3. The largest absolute Gasteiger partial charge is 0.324 e. The third-order valence-corrected chi connectivity index (χ3v) is 4.85. The summed E-state index contributed by atoms with van der Waals surface area (Å²) in [4.78, 5) is 0. The molecule has 1 saturated heterocycles. The molecule has 0 spiro atoms. The molecule has 5 nitrogen and oxygen atoms in total. The van der Waals surface area contributed by atoms with E-state index in [-0.39, 0.29) is 6.04 Å². The molecule has 3 N–H and O–H groups in total. The van der Waals surface area contributed by atoms with E-state index in [0.717, 1.165) is 24.8 Å². The Balaban J connectivity index is 2.13. The number of hydrogen-bond donors (Lipinski definition) is 2. The van der Waals surface area contributed by atoms with E-state index in [4.69, 9.17) is 5.73 Å². The lowest BCUT2D eigenvalue weighted by atomic mass is 10.1. The molecule has 0 saturated carbocycles. The van der Waals surface area contributed by atoms with Crippen molar-refractivity contribution >= 4 is 15.9 Å². The second-order valence-electron chi connectivity index (χ2n) is 4.98. The molecular weight excluding hydrogens is 262 g/mol. The predicted octanol–water partition coefficient (Wildman–Crippen LogP) is 1.85. The first-order chi connectivity index (χ1) is 8.99. The molecule has 6 heteroatoms. The van der Waals surface area contributed by atoms with E-state index in [1.165, 1.54) is 4.31 Å². The third kappa shape index (κ3) is 3.68. The summed E-state index contributed by atoms with van der Waals surface area (Å²) in [6.45, 7) is 3.07. The van der Waals surface area contributed by atoms with E-state index in [9.17, 15) is 8.42 Å². The Morgan fingerprint density at radius 3 is 2.58 bits per heavy atom. The maximum absolute atomic E-state index is 12.2. The molecule has 0 aliphatic carbocycles. The molecule has 1 fully saturated rings. The molecule has 0 bridgehead atoms. The van der Waals surface area contributed by atoms with E-state index < -0.39 is 10.2 Å². The van der Waals surface area contributed by atoms with Gasteiger partial charge in [0.05, 0.1) is 5.69 Å². The summed E-state index contributed by atoms with van der Waals surface area (Å²) in [6.07, 6.45) is 2.97. The van der Waals surface area contributed by atoms with Crippen LogP contribution in [0.3, 0.4) is 0 Å². The molecule has 0 aromatic heterocycles. The molecule has 1 aromatic rings. The highest BCUT2D eigenvalue weighted by Crippen LogP contribution is 2.19. The van der Waals surface area contributed by atoms with Crippen LogP contribution in [0.1, 0.15) is 37.8 Å². The Morgan fingerprint density at radius 1 is 1.26 bits per heavy atom. The van der Waals surface area contributed by atoms with Crippen LogP contribution in [0.5, 0.6) is 0 Å². The molecule has 0 amide bonds. The van der Waals surface area contributed by atoms with Gasteiger partial charge in [0.15, 0.2) is 0 Å². The Hall–Kier alpha value is -1.11. The van der Waals surface area contributed by atoms with Gasteiger partial charge < -0.3 is 5.73 Å². The van der Waals surface area contributed by atoms with Crippen molar-refractivity contribution in [1.29, 1.82) is 0 Å². The van der Waals surface area contributed by atoms with Gasteiger partial charge in [-0.1, -0.05) is 18.6 Å². The zero-order chi connectivity index (χ0) is 13.9. The molecule has 0 radical (unpaired) electrons. The molecule has 1 aliphatic heterocycles. The van der Waals surface area contributed by atoms with Crippen molar-refractivity contribution in [3.05, 3.63) is 29.8 Å². The molecule has 1 unspecified atom stereocenters. The maximum atomic E-state index is 12.2. The minimum Gasteiger partial charge on any atom is -0.324 e. The van der Waals surface area contributed by atoms with Crippen LogP contribution in [0.25, 0.3) is 0 Å². The van der Waals surface area contributed by atoms with E-state index in [1.54, 1.807) is 12.1 Å². The number of anilines is 1. The first-order valence-electron chi connectivity index (χ1n) is 6.62. The van der Waals surface area contributed by atoms with Gasteiger partial charge in [0.2, 0.25) is 0 Å². The topological polar surface area (TPSA) is 75.4 Å². The number of nitrogens with zero attached hydrogens (tertiary/aromatic N) is 1. The Morgan fingerprint density at radius 2 is 1.95 bits per heavy atom. The van der Waals surface area contributed by atoms with Gasteiger partial charge in [-0.2, -0.15) is 12.7 Å². The van der Waals surface area contributed by atoms with Gasteiger partial charge in [-0.05, 0) is 37.5 Å². The first kappa shape index (κ1) is 14.3. The summed E-state index contributed by atoms with van der Waals surface area (Å²) in [5.74, 6) is 0. The molecule has 106 valence electrons. The van der Waals surface area contributed by atoms with E-state index in [2.05, 4.69) is 4.72 Å². The van der Waals surface area contributed by atoms with Crippen LogP contribution < -0.4 is 10.5 Å². The zero-order valence-electron chi connectivity index (χ0n) is 11.2. The van der Waals surface area contributed by atoms with Crippen molar-refractivity contribution in [2.45, 2.75) is 32.2 Å². The Labute approximate surface area is 115 Å². The second-order valence-corrected chi connectivity index (χ2v) is 6.65. The monoisotopic (exact) mass is 283 g/mol. The van der Waals surface area contributed by atoms with Crippen molar-refractivity contribution in [3.8, 4) is 0 Å². The van der Waals surface area contributed by atoms with Crippen molar-refractivity contribution in [1.82, 2.24) is 4.31 Å². The highest BCUT2D eigenvalue weighted by atomic mass is 32.2. The quantitative estimate of drug-likeness (QED) is 0.885. The number of nitrogens with one attached hydrogen (secondary N) is 1. The van der Waals surface area contributed by atoms with Crippen molar-refractivity contribution in [2.24, 2.45) is 5.73 Å². The van der Waals surface area contributed by atoms with Gasteiger partial charge in [-0.25, -0.2) is 0 Å². The van der Waals surface area contributed by atoms with E-state index >= 15 is 0 Å². The summed E-state index contributed by atoms with van der Waals surface area (Å²) in [6, 6.07) is 7.12. The summed E-state index contributed by atoms with van der Waals surface area (Å²) in [5, 5.41) is 0. The van der Waals surface area contributed by atoms with Gasteiger partial charge in [0.25, 0.3) is 0 Å². The van der Waals surface area contributed by atoms with Gasteiger partial charge in [0, 0.05) is 19.1 Å². The highest BCUT2D eigenvalue weighted by molar-refractivity contribution is 7.90. The zero-order valence-corrected chi connectivity index (χ0v) is 12.0. The molecule has 1 atom stereocenters. The van der Waals surface area contributed by atoms with Crippen molar-refractivity contribution in [3.63, 3.8) is 0 Å². The third-order valence-electron chi connectivity index (χ3n) is 3.31. The summed E-state index contributed by atoms with van der Waals surface area (Å²) >= 11 is 0. The number of hydrogen-bond acceptors (Lipinski definition) is 3. The smallest absolute Gasteiger partial charge is 0.301 e. The van der Waals surface area contributed by atoms with Crippen molar-refractivity contribution < 1.29 is 8.42 Å². The molecule has 19 heavy (non-hydrogen) atoms. The van der Waals surface area contributed by atoms with Crippen LogP contribution in [-0.2, 0) is 10.2 Å².